The van der Waals surface area contributed by atoms with Gasteiger partial charge >= 0.3 is 5.97 Å². The maximum atomic E-state index is 10.9. The molecule has 0 aromatic carbocycles. The van der Waals surface area contributed by atoms with Crippen LogP contribution in [0.15, 0.2) is 16.7 Å². The molecular formula is C12H17NO3S. The summed E-state index contributed by atoms with van der Waals surface area (Å²) in [4.78, 5) is 10.9. The molecule has 1 fully saturated rings. The number of rotatable bonds is 5. The molecule has 1 aromatic heterocycles. The van der Waals surface area contributed by atoms with Gasteiger partial charge in [-0.15, -0.1) is 0 Å². The van der Waals surface area contributed by atoms with Gasteiger partial charge < -0.3 is 14.8 Å². The van der Waals surface area contributed by atoms with Crippen molar-refractivity contribution in [2.24, 2.45) is 0 Å². The highest BCUT2D eigenvalue weighted by Gasteiger charge is 2.15. The van der Waals surface area contributed by atoms with E-state index in [9.17, 15) is 4.79 Å². The topological polar surface area (TPSA) is 62.5 Å². The molecule has 1 unspecified atom stereocenters. The van der Waals surface area contributed by atoms with Gasteiger partial charge in [0.25, 0.3) is 0 Å². The maximum Gasteiger partial charge on any atom is 0.339 e. The van der Waals surface area contributed by atoms with E-state index in [1.54, 1.807) is 0 Å². The van der Waals surface area contributed by atoms with Gasteiger partial charge in [0, 0.05) is 11.8 Å². The molecule has 0 saturated carbocycles. The zero-order chi connectivity index (χ0) is 12.1. The third-order valence-electron chi connectivity index (χ3n) is 2.91. The van der Waals surface area contributed by atoms with Crippen LogP contribution in [0.5, 0.6) is 0 Å². The minimum absolute atomic E-state index is 0.258. The van der Waals surface area contributed by atoms with Crippen LogP contribution in [-0.2, 0) is 6.54 Å². The van der Waals surface area contributed by atoms with Crippen LogP contribution in [0.25, 0.3) is 0 Å². The minimum Gasteiger partial charge on any atom is -0.478 e. The molecule has 1 atom stereocenters. The van der Waals surface area contributed by atoms with Gasteiger partial charge in [-0.25, -0.2) is 4.79 Å². The predicted molar refractivity (Wildman–Crippen MR) is 67.5 cm³/mol. The van der Waals surface area contributed by atoms with Gasteiger partial charge in [-0.2, -0.15) is 11.8 Å². The van der Waals surface area contributed by atoms with Crippen molar-refractivity contribution in [2.75, 3.05) is 12.3 Å². The van der Waals surface area contributed by atoms with E-state index in [0.29, 0.717) is 17.6 Å². The molecule has 0 aliphatic carbocycles. The van der Waals surface area contributed by atoms with E-state index in [-0.39, 0.29) is 5.56 Å². The number of carbonyl (C=O) groups is 1. The third kappa shape index (κ3) is 3.51. The van der Waals surface area contributed by atoms with Crippen LogP contribution < -0.4 is 5.32 Å². The molecule has 1 aliphatic heterocycles. The fourth-order valence-electron chi connectivity index (χ4n) is 1.98. The van der Waals surface area contributed by atoms with Crippen LogP contribution in [0.4, 0.5) is 0 Å². The highest BCUT2D eigenvalue weighted by Crippen LogP contribution is 2.24. The molecule has 0 radical (unpaired) electrons. The summed E-state index contributed by atoms with van der Waals surface area (Å²) in [6.07, 6.45) is 5.31. The van der Waals surface area contributed by atoms with Crippen molar-refractivity contribution in [1.82, 2.24) is 5.32 Å². The van der Waals surface area contributed by atoms with Crippen molar-refractivity contribution < 1.29 is 14.3 Å². The predicted octanol–water partition coefficient (Wildman–Crippen LogP) is 2.35. The minimum atomic E-state index is -0.928. The maximum absolute atomic E-state index is 10.9. The Balaban J connectivity index is 1.77. The number of furan rings is 1. The Morgan fingerprint density at radius 1 is 1.59 bits per heavy atom. The van der Waals surface area contributed by atoms with Gasteiger partial charge in [-0.1, -0.05) is 6.42 Å². The average molecular weight is 255 g/mol. The van der Waals surface area contributed by atoms with Crippen LogP contribution in [0.3, 0.4) is 0 Å². The summed E-state index contributed by atoms with van der Waals surface area (Å²) in [5.74, 6) is 0.828. The molecule has 5 heteroatoms. The first-order valence-corrected chi connectivity index (χ1v) is 6.94. The summed E-state index contributed by atoms with van der Waals surface area (Å²) in [5, 5.41) is 12.8. The lowest BCUT2D eigenvalue weighted by atomic mass is 10.2. The van der Waals surface area contributed by atoms with E-state index in [4.69, 9.17) is 9.52 Å². The molecule has 0 spiro atoms. The van der Waals surface area contributed by atoms with E-state index in [2.05, 4.69) is 5.32 Å². The van der Waals surface area contributed by atoms with Crippen molar-refractivity contribution >= 4 is 17.7 Å². The summed E-state index contributed by atoms with van der Waals surface area (Å²) in [7, 11) is 0. The molecule has 2 N–H and O–H groups in total. The number of thioether (sulfide) groups is 1. The lowest BCUT2D eigenvalue weighted by molar-refractivity contribution is 0.0694. The van der Waals surface area contributed by atoms with E-state index in [1.807, 2.05) is 11.8 Å². The van der Waals surface area contributed by atoms with Crippen LogP contribution in [0.1, 0.15) is 35.4 Å². The molecule has 1 saturated heterocycles. The van der Waals surface area contributed by atoms with Crippen molar-refractivity contribution in [3.63, 3.8) is 0 Å². The molecule has 0 amide bonds. The quantitative estimate of drug-likeness (QED) is 0.845. The van der Waals surface area contributed by atoms with Crippen LogP contribution in [-0.4, -0.2) is 28.6 Å². The van der Waals surface area contributed by atoms with Crippen LogP contribution >= 0.6 is 11.8 Å². The zero-order valence-corrected chi connectivity index (χ0v) is 10.5. The molecule has 2 rings (SSSR count). The van der Waals surface area contributed by atoms with Gasteiger partial charge in [0.1, 0.15) is 11.3 Å². The number of carboxylic acids is 1. The molecule has 94 valence electrons. The number of nitrogens with one attached hydrogen (secondary N) is 1. The smallest absolute Gasteiger partial charge is 0.339 e. The summed E-state index contributed by atoms with van der Waals surface area (Å²) in [6, 6.07) is 1.49. The summed E-state index contributed by atoms with van der Waals surface area (Å²) >= 11 is 2.00. The number of carboxylic acid groups (broad SMARTS) is 1. The molecule has 1 aliphatic rings. The second-order valence-electron chi connectivity index (χ2n) is 4.18. The molecule has 17 heavy (non-hydrogen) atoms. The Kier molecular flexibility index (Phi) is 4.50. The Morgan fingerprint density at radius 3 is 3.18 bits per heavy atom. The first-order valence-electron chi connectivity index (χ1n) is 5.89. The van der Waals surface area contributed by atoms with Crippen molar-refractivity contribution in [2.45, 2.75) is 31.1 Å². The van der Waals surface area contributed by atoms with E-state index in [0.717, 1.165) is 6.54 Å². The summed E-state index contributed by atoms with van der Waals surface area (Å²) < 4.78 is 5.17. The SMILES string of the molecule is O=C(O)c1ccoc1CNCC1CCCCS1. The van der Waals surface area contributed by atoms with Gasteiger partial charge in [-0.05, 0) is 24.7 Å². The van der Waals surface area contributed by atoms with Crippen molar-refractivity contribution in [1.29, 1.82) is 0 Å². The summed E-state index contributed by atoms with van der Waals surface area (Å²) in [6.45, 7) is 1.41. The Labute approximate surface area is 105 Å². The Bertz CT molecular complexity index is 372. The zero-order valence-electron chi connectivity index (χ0n) is 9.65. The number of hydrogen-bond donors (Lipinski definition) is 2. The highest BCUT2D eigenvalue weighted by molar-refractivity contribution is 7.99. The summed E-state index contributed by atoms with van der Waals surface area (Å²) in [5.41, 5.74) is 0.258. The lowest BCUT2D eigenvalue weighted by Gasteiger charge is -2.21. The van der Waals surface area contributed by atoms with E-state index >= 15 is 0 Å². The van der Waals surface area contributed by atoms with Crippen molar-refractivity contribution in [3.05, 3.63) is 23.7 Å². The first-order chi connectivity index (χ1) is 8.27. The normalized spacial score (nSPS) is 20.4. The Hall–Kier alpha value is -0.940. The lowest BCUT2D eigenvalue weighted by Crippen LogP contribution is -2.26. The molecular weight excluding hydrogens is 238 g/mol. The Morgan fingerprint density at radius 2 is 2.47 bits per heavy atom. The first kappa shape index (κ1) is 12.5. The fourth-order valence-corrected chi connectivity index (χ4v) is 3.26. The second-order valence-corrected chi connectivity index (χ2v) is 5.59. The number of hydrogen-bond acceptors (Lipinski definition) is 4. The van der Waals surface area contributed by atoms with Gasteiger partial charge in [0.15, 0.2) is 0 Å². The standard InChI is InChI=1S/C12H17NO3S/c14-12(15)10-4-5-16-11(10)8-13-7-9-3-1-2-6-17-9/h4-5,9,13H,1-3,6-8H2,(H,14,15). The third-order valence-corrected chi connectivity index (χ3v) is 4.31. The molecule has 2 heterocycles. The number of aromatic carboxylic acids is 1. The van der Waals surface area contributed by atoms with Gasteiger partial charge in [-0.3, -0.25) is 0 Å². The fraction of sp³-hybridized carbons (Fsp3) is 0.583. The van der Waals surface area contributed by atoms with Crippen LogP contribution in [0.2, 0.25) is 0 Å². The van der Waals surface area contributed by atoms with Gasteiger partial charge in [0.2, 0.25) is 0 Å². The average Bonchev–Trinajstić information content (AvgIpc) is 2.79. The van der Waals surface area contributed by atoms with E-state index < -0.39 is 5.97 Å². The van der Waals surface area contributed by atoms with Crippen LogP contribution in [0, 0.1) is 0 Å². The second kappa shape index (κ2) is 6.12. The van der Waals surface area contributed by atoms with Gasteiger partial charge in [0.05, 0.1) is 12.8 Å². The largest absolute Gasteiger partial charge is 0.478 e. The molecule has 0 bridgehead atoms. The van der Waals surface area contributed by atoms with Crippen molar-refractivity contribution in [3.8, 4) is 0 Å². The molecule has 1 aromatic rings. The highest BCUT2D eigenvalue weighted by atomic mass is 32.2. The molecule has 4 nitrogen and oxygen atoms in total. The van der Waals surface area contributed by atoms with E-state index in [1.165, 1.54) is 37.3 Å². The monoisotopic (exact) mass is 255 g/mol.